The van der Waals surface area contributed by atoms with Crippen molar-refractivity contribution in [2.45, 2.75) is 26.4 Å². The van der Waals surface area contributed by atoms with Gasteiger partial charge in [0.1, 0.15) is 18.1 Å². The van der Waals surface area contributed by atoms with Gasteiger partial charge < -0.3 is 14.7 Å². The largest absolute Gasteiger partial charge is 0.507 e. The minimum absolute atomic E-state index is 0.0700. The quantitative estimate of drug-likeness (QED) is 0.238. The molecule has 1 saturated heterocycles. The summed E-state index contributed by atoms with van der Waals surface area (Å²) < 4.78 is 5.57. The Morgan fingerprint density at radius 3 is 2.56 bits per heavy atom. The SMILES string of the molecule is C=CCOc1ccc(C(O)=C2C(=O)C(=O)N(Cc3cccnc3)[C@H]2c2ccc(C)cc2)c(C)c1. The van der Waals surface area contributed by atoms with Crippen molar-refractivity contribution in [1.29, 1.82) is 0 Å². The molecule has 2 aromatic carbocycles. The Morgan fingerprint density at radius 2 is 1.91 bits per heavy atom. The van der Waals surface area contributed by atoms with E-state index in [1.807, 2.05) is 44.2 Å². The van der Waals surface area contributed by atoms with E-state index in [0.29, 0.717) is 17.9 Å². The Hall–Kier alpha value is -4.19. The van der Waals surface area contributed by atoms with Crippen LogP contribution in [0, 0.1) is 13.8 Å². The maximum atomic E-state index is 13.2. The van der Waals surface area contributed by atoms with Gasteiger partial charge in [-0.3, -0.25) is 14.6 Å². The molecule has 1 atom stereocenters. The van der Waals surface area contributed by atoms with Crippen LogP contribution in [0.25, 0.3) is 5.76 Å². The standard InChI is InChI=1S/C28H26N2O4/c1-4-14-34-22-11-12-23(19(3)15-22)26(31)24-25(21-9-7-18(2)8-10-21)30(28(33)27(24)32)17-20-6-5-13-29-16-20/h4-13,15-16,25,31H,1,14,17H2,2-3H3/t25-/m0/s1. The lowest BCUT2D eigenvalue weighted by molar-refractivity contribution is -0.140. The van der Waals surface area contributed by atoms with E-state index in [1.54, 1.807) is 42.7 Å². The number of aliphatic hydroxyl groups excluding tert-OH is 1. The van der Waals surface area contributed by atoms with Crippen molar-refractivity contribution < 1.29 is 19.4 Å². The third-order valence-corrected chi connectivity index (χ3v) is 5.83. The number of pyridine rings is 1. The zero-order valence-electron chi connectivity index (χ0n) is 19.2. The maximum Gasteiger partial charge on any atom is 0.295 e. The van der Waals surface area contributed by atoms with Crippen molar-refractivity contribution in [2.75, 3.05) is 6.61 Å². The molecule has 1 aliphatic heterocycles. The van der Waals surface area contributed by atoms with E-state index in [9.17, 15) is 14.7 Å². The highest BCUT2D eigenvalue weighted by molar-refractivity contribution is 6.46. The molecule has 0 radical (unpaired) electrons. The number of Topliss-reactive ketones (excluding diaryl/α,β-unsaturated/α-hetero) is 1. The summed E-state index contributed by atoms with van der Waals surface area (Å²) in [5.74, 6) is -0.940. The molecule has 0 aliphatic carbocycles. The molecule has 6 heteroatoms. The number of aliphatic hydroxyl groups is 1. The molecule has 0 saturated carbocycles. The van der Waals surface area contributed by atoms with Gasteiger partial charge in [-0.1, -0.05) is 48.6 Å². The van der Waals surface area contributed by atoms with Crippen molar-refractivity contribution in [3.63, 3.8) is 0 Å². The summed E-state index contributed by atoms with van der Waals surface area (Å²) in [7, 11) is 0. The first kappa shape index (κ1) is 23.0. The zero-order valence-corrected chi connectivity index (χ0v) is 19.2. The Balaban J connectivity index is 1.82. The first-order chi connectivity index (χ1) is 16.4. The van der Waals surface area contributed by atoms with E-state index in [-0.39, 0.29) is 17.9 Å². The molecule has 1 amide bonds. The van der Waals surface area contributed by atoms with Crippen LogP contribution in [-0.4, -0.2) is 33.3 Å². The minimum Gasteiger partial charge on any atom is -0.507 e. The highest BCUT2D eigenvalue weighted by Gasteiger charge is 2.46. The van der Waals surface area contributed by atoms with Crippen LogP contribution in [0.1, 0.15) is 33.9 Å². The molecular weight excluding hydrogens is 428 g/mol. The molecule has 1 aliphatic rings. The van der Waals surface area contributed by atoms with Crippen LogP contribution in [0.5, 0.6) is 5.75 Å². The lowest BCUT2D eigenvalue weighted by Gasteiger charge is -2.25. The molecule has 0 unspecified atom stereocenters. The Morgan fingerprint density at radius 1 is 1.15 bits per heavy atom. The molecular formula is C28H26N2O4. The summed E-state index contributed by atoms with van der Waals surface area (Å²) in [6.07, 6.45) is 4.96. The van der Waals surface area contributed by atoms with E-state index in [0.717, 1.165) is 22.3 Å². The molecule has 1 N–H and O–H groups in total. The number of aromatic nitrogens is 1. The van der Waals surface area contributed by atoms with Gasteiger partial charge in [-0.2, -0.15) is 0 Å². The first-order valence-corrected chi connectivity index (χ1v) is 11.0. The zero-order chi connectivity index (χ0) is 24.2. The van der Waals surface area contributed by atoms with E-state index in [4.69, 9.17) is 4.74 Å². The lowest BCUT2D eigenvalue weighted by atomic mass is 9.93. The van der Waals surface area contributed by atoms with E-state index in [2.05, 4.69) is 11.6 Å². The molecule has 1 fully saturated rings. The Labute approximate surface area is 198 Å². The monoisotopic (exact) mass is 454 g/mol. The van der Waals surface area contributed by atoms with Gasteiger partial charge in [0.05, 0.1) is 11.6 Å². The number of nitrogens with zero attached hydrogens (tertiary/aromatic N) is 2. The van der Waals surface area contributed by atoms with Crippen LogP contribution >= 0.6 is 0 Å². The van der Waals surface area contributed by atoms with E-state index >= 15 is 0 Å². The fourth-order valence-electron chi connectivity index (χ4n) is 4.12. The van der Waals surface area contributed by atoms with E-state index < -0.39 is 17.7 Å². The van der Waals surface area contributed by atoms with Crippen LogP contribution < -0.4 is 4.74 Å². The predicted octanol–water partition coefficient (Wildman–Crippen LogP) is 4.89. The summed E-state index contributed by atoms with van der Waals surface area (Å²) in [6, 6.07) is 15.7. The average molecular weight is 455 g/mol. The van der Waals surface area contributed by atoms with Crippen molar-refractivity contribution >= 4 is 17.4 Å². The van der Waals surface area contributed by atoms with Crippen LogP contribution in [-0.2, 0) is 16.1 Å². The average Bonchev–Trinajstić information content (AvgIpc) is 3.08. The Bertz CT molecular complexity index is 1260. The smallest absolute Gasteiger partial charge is 0.295 e. The molecule has 34 heavy (non-hydrogen) atoms. The number of hydrogen-bond acceptors (Lipinski definition) is 5. The fourth-order valence-corrected chi connectivity index (χ4v) is 4.12. The predicted molar refractivity (Wildman–Crippen MR) is 130 cm³/mol. The highest BCUT2D eigenvalue weighted by Crippen LogP contribution is 2.41. The van der Waals surface area contributed by atoms with Gasteiger partial charge in [0.15, 0.2) is 0 Å². The fraction of sp³-hybridized carbons (Fsp3) is 0.179. The highest BCUT2D eigenvalue weighted by atomic mass is 16.5. The number of carbonyl (C=O) groups excluding carboxylic acids is 2. The van der Waals surface area contributed by atoms with Crippen LogP contribution in [0.2, 0.25) is 0 Å². The Kier molecular flexibility index (Phi) is 6.59. The maximum absolute atomic E-state index is 13.2. The molecule has 0 spiro atoms. The van der Waals surface area contributed by atoms with Crippen LogP contribution in [0.15, 0.2) is 85.2 Å². The van der Waals surface area contributed by atoms with Gasteiger partial charge in [-0.05, 0) is 54.8 Å². The number of ether oxygens (including phenoxy) is 1. The molecule has 6 nitrogen and oxygen atoms in total. The summed E-state index contributed by atoms with van der Waals surface area (Å²) in [6.45, 7) is 7.98. The molecule has 2 heterocycles. The summed E-state index contributed by atoms with van der Waals surface area (Å²) >= 11 is 0. The number of ketones is 1. The molecule has 1 aromatic heterocycles. The second kappa shape index (κ2) is 9.75. The lowest BCUT2D eigenvalue weighted by Crippen LogP contribution is -2.29. The molecule has 3 aromatic rings. The first-order valence-electron chi connectivity index (χ1n) is 11.0. The van der Waals surface area contributed by atoms with Gasteiger partial charge in [0, 0.05) is 24.5 Å². The summed E-state index contributed by atoms with van der Waals surface area (Å²) in [4.78, 5) is 32.0. The second-order valence-electron chi connectivity index (χ2n) is 8.28. The summed E-state index contributed by atoms with van der Waals surface area (Å²) in [5.41, 5.74) is 3.86. The third kappa shape index (κ3) is 4.48. The van der Waals surface area contributed by atoms with Crippen molar-refractivity contribution in [1.82, 2.24) is 9.88 Å². The normalized spacial score (nSPS) is 17.1. The number of benzene rings is 2. The molecule has 172 valence electrons. The number of amides is 1. The number of carbonyl (C=O) groups is 2. The number of hydrogen-bond donors (Lipinski definition) is 1. The van der Waals surface area contributed by atoms with Crippen LogP contribution in [0.3, 0.4) is 0 Å². The second-order valence-corrected chi connectivity index (χ2v) is 8.28. The van der Waals surface area contributed by atoms with Crippen LogP contribution in [0.4, 0.5) is 0 Å². The number of rotatable bonds is 7. The summed E-state index contributed by atoms with van der Waals surface area (Å²) in [5, 5.41) is 11.3. The van der Waals surface area contributed by atoms with Gasteiger partial charge in [0.2, 0.25) is 0 Å². The molecule has 4 rings (SSSR count). The topological polar surface area (TPSA) is 79.7 Å². The van der Waals surface area contributed by atoms with Crippen molar-refractivity contribution in [3.05, 3.63) is 113 Å². The van der Waals surface area contributed by atoms with Gasteiger partial charge in [0.25, 0.3) is 11.7 Å². The van der Waals surface area contributed by atoms with Crippen molar-refractivity contribution in [3.8, 4) is 5.75 Å². The van der Waals surface area contributed by atoms with E-state index in [1.165, 1.54) is 4.90 Å². The minimum atomic E-state index is -0.725. The number of aryl methyl sites for hydroxylation is 2. The number of likely N-dealkylation sites (tertiary alicyclic amines) is 1. The van der Waals surface area contributed by atoms with Crippen molar-refractivity contribution in [2.24, 2.45) is 0 Å². The third-order valence-electron chi connectivity index (χ3n) is 5.83. The molecule has 0 bridgehead atoms. The van der Waals surface area contributed by atoms with Gasteiger partial charge >= 0.3 is 0 Å². The van der Waals surface area contributed by atoms with Gasteiger partial charge in [-0.15, -0.1) is 0 Å². The van der Waals surface area contributed by atoms with Gasteiger partial charge in [-0.25, -0.2) is 0 Å².